The van der Waals surface area contributed by atoms with Gasteiger partial charge in [0.2, 0.25) is 15.9 Å². The molecular formula is C15H20N2O4S. The number of hydrogen-bond donors (Lipinski definition) is 1. The van der Waals surface area contributed by atoms with Gasteiger partial charge in [-0.2, -0.15) is 0 Å². The Morgan fingerprint density at radius 1 is 1.18 bits per heavy atom. The number of carbonyl (C=O) groups excluding carboxylic acids is 1. The summed E-state index contributed by atoms with van der Waals surface area (Å²) in [5.41, 5.74) is 1.35. The second-order valence-electron chi connectivity index (χ2n) is 5.66. The van der Waals surface area contributed by atoms with Crippen LogP contribution in [0.15, 0.2) is 24.3 Å². The molecule has 2 fully saturated rings. The number of rotatable bonds is 3. The fourth-order valence-corrected chi connectivity index (χ4v) is 4.41. The van der Waals surface area contributed by atoms with Crippen LogP contribution in [0.2, 0.25) is 0 Å². The molecule has 120 valence electrons. The minimum absolute atomic E-state index is 0.00449. The lowest BCUT2D eigenvalue weighted by molar-refractivity contribution is -0.122. The van der Waals surface area contributed by atoms with Crippen LogP contribution in [0.5, 0.6) is 0 Å². The first-order chi connectivity index (χ1) is 10.6. The van der Waals surface area contributed by atoms with Crippen LogP contribution in [-0.2, 0) is 19.6 Å². The maximum Gasteiger partial charge on any atom is 0.235 e. The van der Waals surface area contributed by atoms with Crippen molar-refractivity contribution < 1.29 is 17.9 Å². The summed E-state index contributed by atoms with van der Waals surface area (Å²) in [4.78, 5) is 12.1. The number of anilines is 2. The van der Waals surface area contributed by atoms with Crippen molar-refractivity contribution in [3.8, 4) is 0 Å². The number of ether oxygens (including phenoxy) is 1. The van der Waals surface area contributed by atoms with Crippen molar-refractivity contribution >= 4 is 27.3 Å². The van der Waals surface area contributed by atoms with Crippen molar-refractivity contribution in [1.29, 1.82) is 0 Å². The van der Waals surface area contributed by atoms with E-state index in [0.717, 1.165) is 12.8 Å². The van der Waals surface area contributed by atoms with Gasteiger partial charge >= 0.3 is 0 Å². The van der Waals surface area contributed by atoms with Crippen molar-refractivity contribution in [2.24, 2.45) is 5.92 Å². The molecule has 3 rings (SSSR count). The molecule has 2 saturated heterocycles. The fraction of sp³-hybridized carbons (Fsp3) is 0.533. The monoisotopic (exact) mass is 324 g/mol. The van der Waals surface area contributed by atoms with Gasteiger partial charge in [0.15, 0.2) is 0 Å². The Morgan fingerprint density at radius 3 is 2.45 bits per heavy atom. The molecule has 22 heavy (non-hydrogen) atoms. The largest absolute Gasteiger partial charge is 0.381 e. The van der Waals surface area contributed by atoms with Crippen LogP contribution in [0.4, 0.5) is 11.4 Å². The van der Waals surface area contributed by atoms with Crippen LogP contribution in [0.25, 0.3) is 0 Å². The van der Waals surface area contributed by atoms with Crippen LogP contribution in [0.1, 0.15) is 19.3 Å². The molecule has 1 amide bonds. The quantitative estimate of drug-likeness (QED) is 0.916. The third-order valence-electron chi connectivity index (χ3n) is 4.11. The number of hydrogen-bond acceptors (Lipinski definition) is 4. The number of nitrogens with zero attached hydrogens (tertiary/aromatic N) is 1. The lowest BCUT2D eigenvalue weighted by atomic mass is 9.99. The van der Waals surface area contributed by atoms with Crippen molar-refractivity contribution in [3.63, 3.8) is 0 Å². The van der Waals surface area contributed by atoms with Gasteiger partial charge in [0.1, 0.15) is 0 Å². The van der Waals surface area contributed by atoms with E-state index in [-0.39, 0.29) is 17.6 Å². The Morgan fingerprint density at radius 2 is 1.86 bits per heavy atom. The molecule has 0 aromatic heterocycles. The highest BCUT2D eigenvalue weighted by Crippen LogP contribution is 2.26. The van der Waals surface area contributed by atoms with Gasteiger partial charge in [0, 0.05) is 31.4 Å². The summed E-state index contributed by atoms with van der Waals surface area (Å²) in [5, 5.41) is 2.89. The highest BCUT2D eigenvalue weighted by atomic mass is 32.2. The van der Waals surface area contributed by atoms with Crippen molar-refractivity contribution in [2.45, 2.75) is 19.3 Å². The number of nitrogens with one attached hydrogen (secondary N) is 1. The second-order valence-corrected chi connectivity index (χ2v) is 7.68. The molecule has 0 atom stereocenters. The molecule has 0 unspecified atom stereocenters. The van der Waals surface area contributed by atoms with Gasteiger partial charge in [-0.1, -0.05) is 0 Å². The smallest absolute Gasteiger partial charge is 0.235 e. The highest BCUT2D eigenvalue weighted by Gasteiger charge is 2.28. The Bertz CT molecular complexity index is 636. The van der Waals surface area contributed by atoms with Gasteiger partial charge in [-0.25, -0.2) is 8.42 Å². The molecule has 6 nitrogen and oxygen atoms in total. The van der Waals surface area contributed by atoms with Crippen molar-refractivity contribution in [2.75, 3.05) is 35.1 Å². The van der Waals surface area contributed by atoms with E-state index in [1.165, 1.54) is 4.31 Å². The van der Waals surface area contributed by atoms with E-state index in [2.05, 4.69) is 5.32 Å². The second kappa shape index (κ2) is 6.26. The SMILES string of the molecule is O=C(Nc1ccc(N2CCCS2(=O)=O)cc1)C1CCOCC1. The average Bonchev–Trinajstić information content (AvgIpc) is 2.88. The molecule has 7 heteroatoms. The summed E-state index contributed by atoms with van der Waals surface area (Å²) in [6, 6.07) is 6.98. The van der Waals surface area contributed by atoms with Gasteiger partial charge < -0.3 is 10.1 Å². The molecule has 0 bridgehead atoms. The van der Waals surface area contributed by atoms with Gasteiger partial charge in [0.25, 0.3) is 0 Å². The third-order valence-corrected chi connectivity index (χ3v) is 5.98. The molecule has 2 aliphatic heterocycles. The van der Waals surface area contributed by atoms with Crippen LogP contribution >= 0.6 is 0 Å². The lowest BCUT2D eigenvalue weighted by Gasteiger charge is -2.21. The number of sulfonamides is 1. The normalized spacial score (nSPS) is 21.7. The van der Waals surface area contributed by atoms with E-state index in [1.807, 2.05) is 0 Å². The predicted molar refractivity (Wildman–Crippen MR) is 84.4 cm³/mol. The van der Waals surface area contributed by atoms with E-state index in [1.54, 1.807) is 24.3 Å². The molecule has 1 aromatic rings. The van der Waals surface area contributed by atoms with Crippen LogP contribution in [-0.4, -0.2) is 39.8 Å². The topological polar surface area (TPSA) is 75.7 Å². The maximum absolute atomic E-state index is 12.1. The summed E-state index contributed by atoms with van der Waals surface area (Å²) in [5.74, 6) is 0.201. The van der Waals surface area contributed by atoms with Crippen LogP contribution in [0, 0.1) is 5.92 Å². The van der Waals surface area contributed by atoms with E-state index >= 15 is 0 Å². The molecule has 1 aromatic carbocycles. The highest BCUT2D eigenvalue weighted by molar-refractivity contribution is 7.93. The zero-order valence-corrected chi connectivity index (χ0v) is 13.1. The molecule has 0 aliphatic carbocycles. The zero-order valence-electron chi connectivity index (χ0n) is 12.3. The van der Waals surface area contributed by atoms with Gasteiger partial charge in [-0.05, 0) is 43.5 Å². The first kappa shape index (κ1) is 15.3. The Kier molecular flexibility index (Phi) is 4.35. The van der Waals surface area contributed by atoms with Gasteiger partial charge in [-0.15, -0.1) is 0 Å². The Balaban J connectivity index is 1.65. The predicted octanol–water partition coefficient (Wildman–Crippen LogP) is 1.59. The molecule has 2 heterocycles. The van der Waals surface area contributed by atoms with Gasteiger partial charge in [-0.3, -0.25) is 9.10 Å². The number of benzene rings is 1. The summed E-state index contributed by atoms with van der Waals surface area (Å²) in [6.07, 6.45) is 2.15. The van der Waals surface area contributed by atoms with E-state index in [9.17, 15) is 13.2 Å². The van der Waals surface area contributed by atoms with E-state index < -0.39 is 10.0 Å². The number of carbonyl (C=O) groups is 1. The standard InChI is InChI=1S/C15H20N2O4S/c18-15(12-6-9-21-10-7-12)16-13-2-4-14(5-3-13)17-8-1-11-22(17,19)20/h2-5,12H,1,6-11H2,(H,16,18). The first-order valence-electron chi connectivity index (χ1n) is 7.55. The fourth-order valence-electron chi connectivity index (χ4n) is 2.84. The van der Waals surface area contributed by atoms with E-state index in [0.29, 0.717) is 37.6 Å². The molecule has 0 spiro atoms. The maximum atomic E-state index is 12.1. The summed E-state index contributed by atoms with van der Waals surface area (Å²) in [7, 11) is -3.16. The van der Waals surface area contributed by atoms with E-state index in [4.69, 9.17) is 4.74 Å². The molecular weight excluding hydrogens is 304 g/mol. The minimum atomic E-state index is -3.16. The molecule has 0 radical (unpaired) electrons. The summed E-state index contributed by atoms with van der Waals surface area (Å²) >= 11 is 0. The zero-order chi connectivity index (χ0) is 15.6. The first-order valence-corrected chi connectivity index (χ1v) is 9.16. The molecule has 1 N–H and O–H groups in total. The lowest BCUT2D eigenvalue weighted by Crippen LogP contribution is -2.28. The van der Waals surface area contributed by atoms with Crippen LogP contribution in [0.3, 0.4) is 0 Å². The van der Waals surface area contributed by atoms with Gasteiger partial charge in [0.05, 0.1) is 11.4 Å². The van der Waals surface area contributed by atoms with Crippen molar-refractivity contribution in [3.05, 3.63) is 24.3 Å². The molecule has 2 aliphatic rings. The summed E-state index contributed by atoms with van der Waals surface area (Å²) < 4.78 is 30.4. The molecule has 0 saturated carbocycles. The number of amides is 1. The van der Waals surface area contributed by atoms with Crippen molar-refractivity contribution in [1.82, 2.24) is 0 Å². The minimum Gasteiger partial charge on any atom is -0.381 e. The Hall–Kier alpha value is -1.60. The van der Waals surface area contributed by atoms with Crippen LogP contribution < -0.4 is 9.62 Å². The average molecular weight is 324 g/mol. The Labute approximate surface area is 130 Å². The summed E-state index contributed by atoms with van der Waals surface area (Å²) in [6.45, 7) is 1.78. The third kappa shape index (κ3) is 3.25.